The van der Waals surface area contributed by atoms with Crippen LogP contribution in [0.5, 0.6) is 0 Å². The third-order valence-electron chi connectivity index (χ3n) is 5.08. The fourth-order valence-corrected chi connectivity index (χ4v) is 3.42. The van der Waals surface area contributed by atoms with Gasteiger partial charge in [-0.1, -0.05) is 29.8 Å². The number of hydrogen-bond acceptors (Lipinski definition) is 4. The lowest BCUT2D eigenvalue weighted by Crippen LogP contribution is -2.51. The van der Waals surface area contributed by atoms with Crippen molar-refractivity contribution in [2.75, 3.05) is 31.1 Å². The summed E-state index contributed by atoms with van der Waals surface area (Å²) in [5.41, 5.74) is 10.4. The first-order chi connectivity index (χ1) is 12.6. The van der Waals surface area contributed by atoms with E-state index in [9.17, 15) is 4.79 Å². The Labute approximate surface area is 152 Å². The summed E-state index contributed by atoms with van der Waals surface area (Å²) in [5.74, 6) is -0.00112. The van der Waals surface area contributed by atoms with Crippen molar-refractivity contribution in [2.45, 2.75) is 13.0 Å². The van der Waals surface area contributed by atoms with Crippen molar-refractivity contribution in [1.82, 2.24) is 15.1 Å². The molecule has 6 heteroatoms. The highest BCUT2D eigenvalue weighted by Gasteiger charge is 2.26. The molecule has 1 aromatic heterocycles. The Morgan fingerprint density at radius 1 is 1.12 bits per heavy atom. The quantitative estimate of drug-likeness (QED) is 0.760. The highest BCUT2D eigenvalue weighted by atomic mass is 16.2. The van der Waals surface area contributed by atoms with Gasteiger partial charge in [0, 0.05) is 37.3 Å². The van der Waals surface area contributed by atoms with E-state index in [1.165, 1.54) is 0 Å². The predicted molar refractivity (Wildman–Crippen MR) is 103 cm³/mol. The van der Waals surface area contributed by atoms with Crippen molar-refractivity contribution in [3.05, 3.63) is 59.8 Å². The monoisotopic (exact) mass is 349 g/mol. The minimum atomic E-state index is -0.593. The van der Waals surface area contributed by atoms with Crippen LogP contribution in [0.2, 0.25) is 0 Å². The molecule has 1 amide bonds. The number of anilines is 1. The molecular formula is C20H23N5O. The van der Waals surface area contributed by atoms with Gasteiger partial charge in [-0.2, -0.15) is 5.10 Å². The van der Waals surface area contributed by atoms with E-state index in [0.29, 0.717) is 13.1 Å². The molecule has 0 bridgehead atoms. The number of H-pyrrole nitrogens is 1. The summed E-state index contributed by atoms with van der Waals surface area (Å²) >= 11 is 0. The molecular weight excluding hydrogens is 326 g/mol. The van der Waals surface area contributed by atoms with Crippen LogP contribution < -0.4 is 10.6 Å². The molecule has 2 heterocycles. The zero-order chi connectivity index (χ0) is 18.1. The molecule has 1 aliphatic heterocycles. The molecule has 0 radical (unpaired) electrons. The third kappa shape index (κ3) is 3.15. The number of aromatic nitrogens is 2. The van der Waals surface area contributed by atoms with E-state index < -0.39 is 6.04 Å². The lowest BCUT2D eigenvalue weighted by atomic mass is 10.0. The molecule has 0 spiro atoms. The number of fused-ring (bicyclic) bond motifs is 1. The summed E-state index contributed by atoms with van der Waals surface area (Å²) in [4.78, 5) is 16.9. The van der Waals surface area contributed by atoms with Crippen LogP contribution in [-0.4, -0.2) is 47.2 Å². The lowest BCUT2D eigenvalue weighted by Gasteiger charge is -2.37. The number of rotatable bonds is 3. The number of carbonyl (C=O) groups is 1. The molecule has 0 aliphatic carbocycles. The Balaban J connectivity index is 1.40. The summed E-state index contributed by atoms with van der Waals surface area (Å²) in [5, 5.41) is 8.13. The molecule has 1 unspecified atom stereocenters. The molecule has 2 aromatic carbocycles. The van der Waals surface area contributed by atoms with Gasteiger partial charge in [-0.05, 0) is 30.7 Å². The number of aromatic amines is 1. The second-order valence-corrected chi connectivity index (χ2v) is 6.84. The van der Waals surface area contributed by atoms with Gasteiger partial charge in [0.2, 0.25) is 5.91 Å². The molecule has 134 valence electrons. The maximum atomic E-state index is 12.7. The summed E-state index contributed by atoms with van der Waals surface area (Å²) in [6.45, 7) is 4.99. The number of nitrogens with two attached hydrogens (primary N) is 1. The number of aryl methyl sites for hydroxylation is 1. The van der Waals surface area contributed by atoms with Crippen molar-refractivity contribution in [3.63, 3.8) is 0 Å². The van der Waals surface area contributed by atoms with E-state index in [-0.39, 0.29) is 5.91 Å². The second-order valence-electron chi connectivity index (χ2n) is 6.84. The van der Waals surface area contributed by atoms with Crippen molar-refractivity contribution in [1.29, 1.82) is 0 Å². The van der Waals surface area contributed by atoms with E-state index in [1.807, 2.05) is 48.4 Å². The standard InChI is InChI=1S/C20H23N5O/c1-14-2-4-15(5-3-14)19(21)20(26)25-10-8-24(9-11-25)17-6-7-18-16(12-17)13-22-23-18/h2-7,12-13,19H,8-11,21H2,1H3,(H,22,23). The van der Waals surface area contributed by atoms with Crippen LogP contribution in [0, 0.1) is 6.92 Å². The minimum Gasteiger partial charge on any atom is -0.368 e. The Bertz CT molecular complexity index is 909. The maximum absolute atomic E-state index is 12.7. The fraction of sp³-hybridized carbons (Fsp3) is 0.300. The van der Waals surface area contributed by atoms with Gasteiger partial charge in [-0.25, -0.2) is 0 Å². The van der Waals surface area contributed by atoms with Crippen LogP contribution in [0.15, 0.2) is 48.7 Å². The number of nitrogens with zero attached hydrogens (tertiary/aromatic N) is 3. The number of benzene rings is 2. The van der Waals surface area contributed by atoms with E-state index in [4.69, 9.17) is 5.73 Å². The molecule has 1 aliphatic rings. The zero-order valence-corrected chi connectivity index (χ0v) is 14.9. The van der Waals surface area contributed by atoms with E-state index >= 15 is 0 Å². The topological polar surface area (TPSA) is 78.3 Å². The zero-order valence-electron chi connectivity index (χ0n) is 14.9. The van der Waals surface area contributed by atoms with E-state index in [0.717, 1.165) is 40.8 Å². The Kier molecular flexibility index (Phi) is 4.34. The van der Waals surface area contributed by atoms with Gasteiger partial charge in [0.1, 0.15) is 6.04 Å². The predicted octanol–water partition coefficient (Wildman–Crippen LogP) is 2.22. The van der Waals surface area contributed by atoms with Crippen LogP contribution in [0.1, 0.15) is 17.2 Å². The van der Waals surface area contributed by atoms with Crippen molar-refractivity contribution in [3.8, 4) is 0 Å². The van der Waals surface area contributed by atoms with Gasteiger partial charge in [-0.3, -0.25) is 9.89 Å². The number of piperazine rings is 1. The third-order valence-corrected chi connectivity index (χ3v) is 5.08. The summed E-state index contributed by atoms with van der Waals surface area (Å²) < 4.78 is 0. The highest BCUT2D eigenvalue weighted by molar-refractivity contribution is 5.84. The Morgan fingerprint density at radius 3 is 2.58 bits per heavy atom. The molecule has 0 saturated carbocycles. The van der Waals surface area contributed by atoms with Gasteiger partial charge in [0.05, 0.1) is 11.7 Å². The van der Waals surface area contributed by atoms with Crippen LogP contribution >= 0.6 is 0 Å². The van der Waals surface area contributed by atoms with Gasteiger partial charge < -0.3 is 15.5 Å². The minimum absolute atomic E-state index is 0.00112. The van der Waals surface area contributed by atoms with Crippen molar-refractivity contribution >= 4 is 22.5 Å². The molecule has 3 aromatic rings. The van der Waals surface area contributed by atoms with Crippen LogP contribution in [0.4, 0.5) is 5.69 Å². The van der Waals surface area contributed by atoms with Gasteiger partial charge in [0.25, 0.3) is 0 Å². The molecule has 4 rings (SSSR count). The number of nitrogens with one attached hydrogen (secondary N) is 1. The highest BCUT2D eigenvalue weighted by Crippen LogP contribution is 2.23. The van der Waals surface area contributed by atoms with Gasteiger partial charge in [-0.15, -0.1) is 0 Å². The second kappa shape index (κ2) is 6.80. The summed E-state index contributed by atoms with van der Waals surface area (Å²) in [6.07, 6.45) is 1.83. The SMILES string of the molecule is Cc1ccc(C(N)C(=O)N2CCN(c3ccc4[nH]ncc4c3)CC2)cc1. The Hall–Kier alpha value is -2.86. The molecule has 6 nitrogen and oxygen atoms in total. The van der Waals surface area contributed by atoms with Crippen LogP contribution in [0.3, 0.4) is 0 Å². The first kappa shape index (κ1) is 16.6. The lowest BCUT2D eigenvalue weighted by molar-refractivity contribution is -0.133. The fourth-order valence-electron chi connectivity index (χ4n) is 3.42. The first-order valence-corrected chi connectivity index (χ1v) is 8.91. The van der Waals surface area contributed by atoms with E-state index in [2.05, 4.69) is 27.2 Å². The smallest absolute Gasteiger partial charge is 0.244 e. The molecule has 26 heavy (non-hydrogen) atoms. The van der Waals surface area contributed by atoms with Crippen molar-refractivity contribution in [2.24, 2.45) is 5.73 Å². The number of carbonyl (C=O) groups excluding carboxylic acids is 1. The Morgan fingerprint density at radius 2 is 1.85 bits per heavy atom. The van der Waals surface area contributed by atoms with Gasteiger partial charge in [0.15, 0.2) is 0 Å². The van der Waals surface area contributed by atoms with E-state index in [1.54, 1.807) is 0 Å². The average Bonchev–Trinajstić information content (AvgIpc) is 3.15. The first-order valence-electron chi connectivity index (χ1n) is 8.91. The normalized spacial score (nSPS) is 16.1. The molecule has 1 saturated heterocycles. The number of amides is 1. The summed E-state index contributed by atoms with van der Waals surface area (Å²) in [6, 6.07) is 13.5. The number of hydrogen-bond donors (Lipinski definition) is 2. The maximum Gasteiger partial charge on any atom is 0.244 e. The molecule has 1 fully saturated rings. The molecule has 3 N–H and O–H groups in total. The molecule has 1 atom stereocenters. The van der Waals surface area contributed by atoms with Gasteiger partial charge >= 0.3 is 0 Å². The average molecular weight is 349 g/mol. The van der Waals surface area contributed by atoms with Crippen LogP contribution in [-0.2, 0) is 4.79 Å². The van der Waals surface area contributed by atoms with Crippen molar-refractivity contribution < 1.29 is 4.79 Å². The summed E-state index contributed by atoms with van der Waals surface area (Å²) in [7, 11) is 0. The largest absolute Gasteiger partial charge is 0.368 e. The van der Waals surface area contributed by atoms with Crippen LogP contribution in [0.25, 0.3) is 10.9 Å².